The Bertz CT molecular complexity index is 516. The third-order valence-corrected chi connectivity index (χ3v) is 4.01. The number of hydrogen-bond donors (Lipinski definition) is 1. The van der Waals surface area contributed by atoms with Crippen LogP contribution in [0.4, 0.5) is 5.69 Å². The average Bonchev–Trinajstić information content (AvgIpc) is 2.83. The van der Waals surface area contributed by atoms with Gasteiger partial charge >= 0.3 is 0 Å². The number of anilines is 1. The minimum absolute atomic E-state index is 0.619. The fraction of sp³-hybridized carbons (Fsp3) is 0.231. The zero-order chi connectivity index (χ0) is 13.0. The molecule has 0 amide bonds. The number of thiophene rings is 1. The zero-order valence-corrected chi connectivity index (χ0v) is 13.0. The standard InChI is InChI=1S/C13H13BrClNOS/c1-2-17-13-11(14)6-9(15)7-12(13)16-8-10-4-3-5-18-10/h3-7,16H,2,8H2,1H3. The Morgan fingerprint density at radius 3 is 2.94 bits per heavy atom. The number of hydrogen-bond acceptors (Lipinski definition) is 3. The first-order chi connectivity index (χ1) is 8.70. The monoisotopic (exact) mass is 345 g/mol. The Kier molecular flexibility index (Phi) is 4.92. The van der Waals surface area contributed by atoms with E-state index < -0.39 is 0 Å². The zero-order valence-electron chi connectivity index (χ0n) is 9.87. The predicted octanol–water partition coefficient (Wildman–Crippen LogP) is 5.17. The van der Waals surface area contributed by atoms with E-state index in [0.717, 1.165) is 22.5 Å². The SMILES string of the molecule is CCOc1c(Br)cc(Cl)cc1NCc1cccs1. The molecule has 2 aromatic rings. The van der Waals surface area contributed by atoms with Crippen LogP contribution in [0.15, 0.2) is 34.1 Å². The Hall–Kier alpha value is -0.710. The van der Waals surface area contributed by atoms with Gasteiger partial charge in [-0.1, -0.05) is 17.7 Å². The smallest absolute Gasteiger partial charge is 0.156 e. The Balaban J connectivity index is 2.19. The Morgan fingerprint density at radius 2 is 2.28 bits per heavy atom. The number of rotatable bonds is 5. The van der Waals surface area contributed by atoms with E-state index in [1.165, 1.54) is 4.88 Å². The Morgan fingerprint density at radius 1 is 1.44 bits per heavy atom. The lowest BCUT2D eigenvalue weighted by molar-refractivity contribution is 0.339. The molecule has 1 heterocycles. The molecule has 0 radical (unpaired) electrons. The summed E-state index contributed by atoms with van der Waals surface area (Å²) in [6, 6.07) is 7.85. The van der Waals surface area contributed by atoms with Crippen molar-refractivity contribution in [2.75, 3.05) is 11.9 Å². The van der Waals surface area contributed by atoms with Gasteiger partial charge in [0.25, 0.3) is 0 Å². The van der Waals surface area contributed by atoms with Gasteiger partial charge in [-0.05, 0) is 46.4 Å². The minimum Gasteiger partial charge on any atom is -0.491 e. The van der Waals surface area contributed by atoms with Crippen LogP contribution < -0.4 is 10.1 Å². The van der Waals surface area contributed by atoms with E-state index in [2.05, 4.69) is 32.7 Å². The summed E-state index contributed by atoms with van der Waals surface area (Å²) < 4.78 is 6.49. The maximum Gasteiger partial charge on any atom is 0.156 e. The average molecular weight is 347 g/mol. The minimum atomic E-state index is 0.619. The van der Waals surface area contributed by atoms with Crippen LogP contribution in [0.1, 0.15) is 11.8 Å². The molecule has 0 saturated carbocycles. The van der Waals surface area contributed by atoms with E-state index in [4.69, 9.17) is 16.3 Å². The van der Waals surface area contributed by atoms with Gasteiger partial charge in [0.15, 0.2) is 5.75 Å². The Labute approximate surface area is 124 Å². The largest absolute Gasteiger partial charge is 0.491 e. The highest BCUT2D eigenvalue weighted by molar-refractivity contribution is 9.10. The van der Waals surface area contributed by atoms with Gasteiger partial charge in [-0.3, -0.25) is 0 Å². The van der Waals surface area contributed by atoms with Gasteiger partial charge < -0.3 is 10.1 Å². The van der Waals surface area contributed by atoms with Crippen molar-refractivity contribution in [3.63, 3.8) is 0 Å². The fourth-order valence-corrected chi connectivity index (χ4v) is 3.15. The molecule has 96 valence electrons. The molecule has 1 aromatic heterocycles. The second-order valence-corrected chi connectivity index (χ2v) is 5.95. The van der Waals surface area contributed by atoms with Gasteiger partial charge in [0, 0.05) is 16.4 Å². The summed E-state index contributed by atoms with van der Waals surface area (Å²) in [6.07, 6.45) is 0. The molecule has 0 aliphatic carbocycles. The second-order valence-electron chi connectivity index (χ2n) is 3.63. The summed E-state index contributed by atoms with van der Waals surface area (Å²) in [5.74, 6) is 0.804. The summed E-state index contributed by atoms with van der Waals surface area (Å²) in [4.78, 5) is 1.27. The van der Waals surface area contributed by atoms with Gasteiger partial charge in [-0.2, -0.15) is 0 Å². The van der Waals surface area contributed by atoms with Crippen LogP contribution in [0.25, 0.3) is 0 Å². The highest BCUT2D eigenvalue weighted by Crippen LogP contribution is 2.36. The summed E-state index contributed by atoms with van der Waals surface area (Å²) in [6.45, 7) is 3.35. The van der Waals surface area contributed by atoms with Crippen molar-refractivity contribution in [3.8, 4) is 5.75 Å². The third kappa shape index (κ3) is 3.40. The molecule has 1 N–H and O–H groups in total. The van der Waals surface area contributed by atoms with E-state index in [1.54, 1.807) is 11.3 Å². The van der Waals surface area contributed by atoms with Crippen LogP contribution in [0.3, 0.4) is 0 Å². The van der Waals surface area contributed by atoms with Crippen molar-refractivity contribution < 1.29 is 4.74 Å². The topological polar surface area (TPSA) is 21.3 Å². The number of ether oxygens (including phenoxy) is 1. The second kappa shape index (κ2) is 6.45. The van der Waals surface area contributed by atoms with Crippen LogP contribution in [-0.2, 0) is 6.54 Å². The lowest BCUT2D eigenvalue weighted by atomic mass is 10.3. The van der Waals surface area contributed by atoms with Crippen LogP contribution in [0.5, 0.6) is 5.75 Å². The van der Waals surface area contributed by atoms with Crippen molar-refractivity contribution >= 4 is 44.6 Å². The molecular formula is C13H13BrClNOS. The van der Waals surface area contributed by atoms with Gasteiger partial charge in [-0.25, -0.2) is 0 Å². The van der Waals surface area contributed by atoms with Crippen LogP contribution >= 0.6 is 38.9 Å². The van der Waals surface area contributed by atoms with Crippen LogP contribution in [-0.4, -0.2) is 6.61 Å². The molecular weight excluding hydrogens is 334 g/mol. The fourth-order valence-electron chi connectivity index (χ4n) is 1.58. The van der Waals surface area contributed by atoms with Crippen LogP contribution in [0.2, 0.25) is 5.02 Å². The van der Waals surface area contributed by atoms with Crippen molar-refractivity contribution in [2.24, 2.45) is 0 Å². The van der Waals surface area contributed by atoms with Gasteiger partial charge in [-0.15, -0.1) is 11.3 Å². The number of benzene rings is 1. The number of nitrogens with one attached hydrogen (secondary N) is 1. The van der Waals surface area contributed by atoms with E-state index in [9.17, 15) is 0 Å². The maximum absolute atomic E-state index is 6.06. The molecule has 0 unspecified atom stereocenters. The highest BCUT2D eigenvalue weighted by atomic mass is 79.9. The van der Waals surface area contributed by atoms with Gasteiger partial charge in [0.05, 0.1) is 16.8 Å². The van der Waals surface area contributed by atoms with Crippen molar-refractivity contribution in [1.29, 1.82) is 0 Å². The van der Waals surface area contributed by atoms with E-state index >= 15 is 0 Å². The van der Waals surface area contributed by atoms with Gasteiger partial charge in [0.1, 0.15) is 0 Å². The summed E-state index contributed by atoms with van der Waals surface area (Å²) in [5, 5.41) is 6.10. The molecule has 18 heavy (non-hydrogen) atoms. The summed E-state index contributed by atoms with van der Waals surface area (Å²) in [5.41, 5.74) is 0.907. The predicted molar refractivity (Wildman–Crippen MR) is 82.0 cm³/mol. The van der Waals surface area contributed by atoms with Crippen LogP contribution in [0, 0.1) is 0 Å². The normalized spacial score (nSPS) is 10.4. The highest BCUT2D eigenvalue weighted by Gasteiger charge is 2.10. The summed E-state index contributed by atoms with van der Waals surface area (Å²) >= 11 is 11.3. The number of halogens is 2. The van der Waals surface area contributed by atoms with E-state index in [-0.39, 0.29) is 0 Å². The molecule has 0 atom stereocenters. The third-order valence-electron chi connectivity index (χ3n) is 2.33. The van der Waals surface area contributed by atoms with E-state index in [0.29, 0.717) is 11.6 Å². The molecule has 2 rings (SSSR count). The molecule has 0 spiro atoms. The lowest BCUT2D eigenvalue weighted by Crippen LogP contribution is -2.02. The first-order valence-corrected chi connectivity index (χ1v) is 7.64. The maximum atomic E-state index is 6.06. The molecule has 0 saturated heterocycles. The first-order valence-electron chi connectivity index (χ1n) is 5.58. The summed E-state index contributed by atoms with van der Waals surface area (Å²) in [7, 11) is 0. The first kappa shape index (κ1) is 13.7. The molecule has 0 bridgehead atoms. The molecule has 0 aliphatic rings. The molecule has 5 heteroatoms. The molecule has 2 nitrogen and oxygen atoms in total. The lowest BCUT2D eigenvalue weighted by Gasteiger charge is -2.14. The van der Waals surface area contributed by atoms with Crippen molar-refractivity contribution in [1.82, 2.24) is 0 Å². The molecule has 0 aliphatic heterocycles. The van der Waals surface area contributed by atoms with Crippen molar-refractivity contribution in [3.05, 3.63) is 44.0 Å². The van der Waals surface area contributed by atoms with Gasteiger partial charge in [0.2, 0.25) is 0 Å². The van der Waals surface area contributed by atoms with E-state index in [1.807, 2.05) is 25.1 Å². The molecule has 0 fully saturated rings. The van der Waals surface area contributed by atoms with Crippen molar-refractivity contribution in [2.45, 2.75) is 13.5 Å². The quantitative estimate of drug-likeness (QED) is 0.806. The molecule has 1 aromatic carbocycles.